The molecule has 1 fully saturated rings. The lowest BCUT2D eigenvalue weighted by Crippen LogP contribution is -2.26. The van der Waals surface area contributed by atoms with Crippen LogP contribution in [0.3, 0.4) is 0 Å². The number of aromatic nitrogens is 4. The molecule has 0 radical (unpaired) electrons. The quantitative estimate of drug-likeness (QED) is 0.923. The van der Waals surface area contributed by atoms with Crippen LogP contribution in [0.25, 0.3) is 0 Å². The molecule has 2 aromatic rings. The van der Waals surface area contributed by atoms with E-state index < -0.39 is 0 Å². The van der Waals surface area contributed by atoms with Crippen molar-refractivity contribution in [3.8, 4) is 0 Å². The van der Waals surface area contributed by atoms with Crippen LogP contribution in [-0.2, 0) is 19.4 Å². The fraction of sp³-hybridized carbons (Fsp3) is 0.647. The molecular formula is C17H25N5. The Bertz CT molecular complexity index is 577. The van der Waals surface area contributed by atoms with E-state index in [1.807, 2.05) is 18.7 Å². The lowest BCUT2D eigenvalue weighted by atomic mass is 10.0. The predicted molar refractivity (Wildman–Crippen MR) is 85.6 cm³/mol. The van der Waals surface area contributed by atoms with Crippen molar-refractivity contribution in [2.24, 2.45) is 0 Å². The number of H-pyrrole nitrogens is 1. The first-order chi connectivity index (χ1) is 10.9. The summed E-state index contributed by atoms with van der Waals surface area (Å²) in [6, 6.07) is 0.508. The summed E-state index contributed by atoms with van der Waals surface area (Å²) in [5.74, 6) is 1.23. The number of imidazole rings is 2. The van der Waals surface area contributed by atoms with Gasteiger partial charge in [-0.3, -0.25) is 4.90 Å². The van der Waals surface area contributed by atoms with Crippen molar-refractivity contribution in [1.82, 2.24) is 24.4 Å². The van der Waals surface area contributed by atoms with Crippen LogP contribution in [0.15, 0.2) is 18.7 Å². The molecule has 22 heavy (non-hydrogen) atoms. The summed E-state index contributed by atoms with van der Waals surface area (Å²) in [6.07, 6.45) is 14.5. The van der Waals surface area contributed by atoms with Gasteiger partial charge < -0.3 is 9.55 Å². The molecular weight excluding hydrogens is 274 g/mol. The second kappa shape index (κ2) is 6.24. The predicted octanol–water partition coefficient (Wildman–Crippen LogP) is 2.71. The van der Waals surface area contributed by atoms with Gasteiger partial charge in [-0.1, -0.05) is 0 Å². The van der Waals surface area contributed by atoms with E-state index in [4.69, 9.17) is 4.98 Å². The Balaban J connectivity index is 1.39. The van der Waals surface area contributed by atoms with Crippen molar-refractivity contribution in [2.45, 2.75) is 57.5 Å². The minimum absolute atomic E-state index is 0.508. The highest BCUT2D eigenvalue weighted by atomic mass is 15.2. The number of hydrogen-bond donors (Lipinski definition) is 1. The van der Waals surface area contributed by atoms with Gasteiger partial charge in [-0.25, -0.2) is 9.97 Å². The van der Waals surface area contributed by atoms with Gasteiger partial charge in [0.05, 0.1) is 18.1 Å². The molecule has 3 heterocycles. The molecule has 1 aliphatic heterocycles. The van der Waals surface area contributed by atoms with Gasteiger partial charge in [-0.2, -0.15) is 0 Å². The smallest absolute Gasteiger partial charge is 0.124 e. The van der Waals surface area contributed by atoms with Crippen LogP contribution in [0.1, 0.15) is 55.4 Å². The van der Waals surface area contributed by atoms with Crippen molar-refractivity contribution in [3.05, 3.63) is 35.9 Å². The molecule has 5 nitrogen and oxygen atoms in total. The Morgan fingerprint density at radius 2 is 2.14 bits per heavy atom. The molecule has 2 aliphatic rings. The number of likely N-dealkylation sites (tertiary alicyclic amines) is 1. The third-order valence-electron chi connectivity index (χ3n) is 5.07. The molecule has 0 bridgehead atoms. The van der Waals surface area contributed by atoms with Gasteiger partial charge in [0.25, 0.3) is 0 Å². The summed E-state index contributed by atoms with van der Waals surface area (Å²) < 4.78 is 2.16. The molecule has 0 unspecified atom stereocenters. The second-order valence-corrected chi connectivity index (χ2v) is 6.60. The maximum absolute atomic E-state index is 4.93. The molecule has 1 atom stereocenters. The van der Waals surface area contributed by atoms with E-state index >= 15 is 0 Å². The average molecular weight is 299 g/mol. The molecule has 1 N–H and O–H groups in total. The van der Waals surface area contributed by atoms with Crippen molar-refractivity contribution in [2.75, 3.05) is 13.1 Å². The van der Waals surface area contributed by atoms with Crippen LogP contribution in [0.4, 0.5) is 0 Å². The third-order valence-corrected chi connectivity index (χ3v) is 5.07. The Hall–Kier alpha value is -1.62. The number of hydrogen-bond acceptors (Lipinski definition) is 3. The van der Waals surface area contributed by atoms with Crippen LogP contribution in [0.2, 0.25) is 0 Å². The zero-order valence-electron chi connectivity index (χ0n) is 13.2. The third kappa shape index (κ3) is 2.82. The van der Waals surface area contributed by atoms with Crippen molar-refractivity contribution in [1.29, 1.82) is 0 Å². The molecule has 4 rings (SSSR count). The van der Waals surface area contributed by atoms with Gasteiger partial charge in [-0.15, -0.1) is 0 Å². The zero-order chi connectivity index (χ0) is 14.8. The molecule has 0 spiro atoms. The maximum Gasteiger partial charge on any atom is 0.124 e. The first-order valence-corrected chi connectivity index (χ1v) is 8.67. The second-order valence-electron chi connectivity index (χ2n) is 6.60. The van der Waals surface area contributed by atoms with E-state index in [9.17, 15) is 0 Å². The highest BCUT2D eigenvalue weighted by Gasteiger charge is 2.29. The number of nitrogens with one attached hydrogen (secondary N) is 1. The molecule has 0 aromatic carbocycles. The maximum atomic E-state index is 4.93. The van der Waals surface area contributed by atoms with Crippen LogP contribution >= 0.6 is 0 Å². The van der Waals surface area contributed by atoms with E-state index in [-0.39, 0.29) is 0 Å². The number of nitrogens with zero attached hydrogens (tertiary/aromatic N) is 4. The summed E-state index contributed by atoms with van der Waals surface area (Å²) in [4.78, 5) is 15.3. The zero-order valence-corrected chi connectivity index (χ0v) is 13.2. The van der Waals surface area contributed by atoms with Crippen LogP contribution in [0.5, 0.6) is 0 Å². The number of rotatable bonds is 5. The van der Waals surface area contributed by atoms with E-state index in [1.54, 1.807) is 0 Å². The summed E-state index contributed by atoms with van der Waals surface area (Å²) in [5.41, 5.74) is 2.75. The first-order valence-electron chi connectivity index (χ1n) is 8.67. The minimum atomic E-state index is 0.508. The Kier molecular flexibility index (Phi) is 3.97. The molecule has 118 valence electrons. The number of aryl methyl sites for hydroxylation is 3. The molecule has 0 amide bonds. The average Bonchev–Trinajstić information content (AvgIpc) is 3.27. The Morgan fingerprint density at radius 1 is 1.18 bits per heavy atom. The van der Waals surface area contributed by atoms with Gasteiger partial charge in [0.15, 0.2) is 0 Å². The van der Waals surface area contributed by atoms with Crippen molar-refractivity contribution in [3.63, 3.8) is 0 Å². The highest BCUT2D eigenvalue weighted by molar-refractivity contribution is 5.19. The van der Waals surface area contributed by atoms with E-state index in [2.05, 4.69) is 19.4 Å². The lowest BCUT2D eigenvalue weighted by molar-refractivity contribution is 0.242. The number of aromatic amines is 1. The SMILES string of the molecule is c1cn(CCCN2CCC[C@H]2c2nc3c([nH]2)CCCC3)cn1. The normalized spacial score (nSPS) is 22.1. The lowest BCUT2D eigenvalue weighted by Gasteiger charge is -2.22. The van der Waals surface area contributed by atoms with Gasteiger partial charge in [0.1, 0.15) is 5.82 Å². The van der Waals surface area contributed by atoms with Gasteiger partial charge in [-0.05, 0) is 51.5 Å². The summed E-state index contributed by atoms with van der Waals surface area (Å²) in [5, 5.41) is 0. The van der Waals surface area contributed by atoms with Crippen LogP contribution < -0.4 is 0 Å². The van der Waals surface area contributed by atoms with Gasteiger partial charge in [0.2, 0.25) is 0 Å². The largest absolute Gasteiger partial charge is 0.344 e. The molecule has 5 heteroatoms. The van der Waals surface area contributed by atoms with Crippen molar-refractivity contribution >= 4 is 0 Å². The highest BCUT2D eigenvalue weighted by Crippen LogP contribution is 2.32. The van der Waals surface area contributed by atoms with E-state index in [0.717, 1.165) is 13.1 Å². The van der Waals surface area contributed by atoms with E-state index in [0.29, 0.717) is 6.04 Å². The standard InChI is InChI=1S/C17H25N5/c1-2-6-15-14(5-1)19-17(20-15)16-7-3-10-22(16)11-4-9-21-12-8-18-13-21/h8,12-13,16H,1-7,9-11H2,(H,19,20)/t16-/m0/s1. The van der Waals surface area contributed by atoms with E-state index in [1.165, 1.54) is 68.7 Å². The molecule has 1 saturated heterocycles. The monoisotopic (exact) mass is 299 g/mol. The fourth-order valence-electron chi connectivity index (χ4n) is 3.91. The molecule has 1 aliphatic carbocycles. The minimum Gasteiger partial charge on any atom is -0.344 e. The van der Waals surface area contributed by atoms with Gasteiger partial charge in [0, 0.05) is 31.2 Å². The summed E-state index contributed by atoms with van der Waals surface area (Å²) in [6.45, 7) is 3.41. The Labute approximate surface area is 131 Å². The number of fused-ring (bicyclic) bond motifs is 1. The molecule has 2 aromatic heterocycles. The fourth-order valence-corrected chi connectivity index (χ4v) is 3.91. The first kappa shape index (κ1) is 14.0. The topological polar surface area (TPSA) is 49.7 Å². The Morgan fingerprint density at radius 3 is 3.00 bits per heavy atom. The van der Waals surface area contributed by atoms with Crippen molar-refractivity contribution < 1.29 is 0 Å². The molecule has 0 saturated carbocycles. The van der Waals surface area contributed by atoms with Gasteiger partial charge >= 0.3 is 0 Å². The van der Waals surface area contributed by atoms with Crippen LogP contribution in [0, 0.1) is 0 Å². The summed E-state index contributed by atoms with van der Waals surface area (Å²) >= 11 is 0. The van der Waals surface area contributed by atoms with Crippen LogP contribution in [-0.4, -0.2) is 37.5 Å². The summed E-state index contributed by atoms with van der Waals surface area (Å²) in [7, 11) is 0.